The Labute approximate surface area is 167 Å². The van der Waals surface area contributed by atoms with E-state index in [0.717, 1.165) is 12.1 Å². The lowest BCUT2D eigenvalue weighted by Gasteiger charge is -2.47. The zero-order chi connectivity index (χ0) is 20.7. The van der Waals surface area contributed by atoms with Gasteiger partial charge < -0.3 is 20.5 Å². The number of carbonyl (C=O) groups excluding carboxylic acids is 1. The number of amides is 1. The molecule has 0 spiro atoms. The van der Waals surface area contributed by atoms with Crippen molar-refractivity contribution in [1.82, 2.24) is 19.9 Å². The molecule has 29 heavy (non-hydrogen) atoms. The normalized spacial score (nSPS) is 23.0. The van der Waals surface area contributed by atoms with Gasteiger partial charge in [-0.3, -0.25) is 19.4 Å². The Bertz CT molecular complexity index is 1040. The first kappa shape index (κ1) is 19.2. The van der Waals surface area contributed by atoms with Crippen LogP contribution in [0.3, 0.4) is 0 Å². The number of nitrogen functional groups attached to an aromatic ring is 1. The van der Waals surface area contributed by atoms with Gasteiger partial charge in [-0.1, -0.05) is 19.9 Å². The van der Waals surface area contributed by atoms with E-state index in [1.165, 1.54) is 6.07 Å². The van der Waals surface area contributed by atoms with Crippen molar-refractivity contribution in [2.24, 2.45) is 11.8 Å². The molecule has 2 aromatic heterocycles. The van der Waals surface area contributed by atoms with E-state index in [0.29, 0.717) is 25.5 Å². The van der Waals surface area contributed by atoms with Crippen LogP contribution >= 0.6 is 0 Å². The van der Waals surface area contributed by atoms with Crippen molar-refractivity contribution < 1.29 is 4.79 Å². The van der Waals surface area contributed by atoms with E-state index in [9.17, 15) is 14.4 Å². The Balaban J connectivity index is 1.69. The van der Waals surface area contributed by atoms with Gasteiger partial charge in [0.25, 0.3) is 11.1 Å². The summed E-state index contributed by atoms with van der Waals surface area (Å²) in [5, 5.41) is 2.99. The molecule has 9 heteroatoms. The van der Waals surface area contributed by atoms with E-state index in [2.05, 4.69) is 20.2 Å². The molecule has 4 heterocycles. The maximum Gasteiger partial charge on any atom is 0.254 e. The van der Waals surface area contributed by atoms with E-state index in [4.69, 9.17) is 5.73 Å². The number of carbonyl (C=O) groups is 1. The first-order valence-corrected chi connectivity index (χ1v) is 9.94. The largest absolute Gasteiger partial charge is 0.369 e. The summed E-state index contributed by atoms with van der Waals surface area (Å²) in [5.41, 5.74) is 6.35. The Kier molecular flexibility index (Phi) is 4.89. The number of hydrogen-bond donors (Lipinski definition) is 3. The summed E-state index contributed by atoms with van der Waals surface area (Å²) in [6, 6.07) is 6.62. The number of fused-ring (bicyclic) bond motifs is 4. The average molecular weight is 398 g/mol. The summed E-state index contributed by atoms with van der Waals surface area (Å²) < 4.78 is 1.84. The average Bonchev–Trinajstić information content (AvgIpc) is 2.67. The molecule has 154 valence electrons. The Morgan fingerprint density at radius 1 is 1.34 bits per heavy atom. The molecule has 0 aliphatic carbocycles. The molecular weight excluding hydrogens is 372 g/mol. The Morgan fingerprint density at radius 3 is 2.86 bits per heavy atom. The molecule has 0 saturated carbocycles. The number of aromatic nitrogens is 3. The van der Waals surface area contributed by atoms with E-state index in [1.54, 1.807) is 12.1 Å². The summed E-state index contributed by atoms with van der Waals surface area (Å²) in [7, 11) is 0. The molecule has 2 aliphatic rings. The summed E-state index contributed by atoms with van der Waals surface area (Å²) in [6.45, 7) is 5.37. The predicted octanol–water partition coefficient (Wildman–Crippen LogP) is 0.451. The van der Waals surface area contributed by atoms with Crippen LogP contribution in [0.1, 0.15) is 37.9 Å². The van der Waals surface area contributed by atoms with Gasteiger partial charge in [0.15, 0.2) is 0 Å². The van der Waals surface area contributed by atoms with Crippen LogP contribution in [0.4, 0.5) is 11.8 Å². The van der Waals surface area contributed by atoms with Crippen molar-refractivity contribution in [2.75, 3.05) is 30.3 Å². The van der Waals surface area contributed by atoms with Gasteiger partial charge in [-0.2, -0.15) is 4.98 Å². The van der Waals surface area contributed by atoms with Gasteiger partial charge in [-0.25, -0.2) is 0 Å². The molecule has 2 aliphatic heterocycles. The van der Waals surface area contributed by atoms with Gasteiger partial charge in [-0.05, 0) is 18.4 Å². The number of nitrogens with zero attached hydrogens (tertiary/aromatic N) is 3. The van der Waals surface area contributed by atoms with E-state index < -0.39 is 0 Å². The lowest BCUT2D eigenvalue weighted by atomic mass is 9.78. The number of nitrogens with one attached hydrogen (secondary N) is 2. The molecule has 1 saturated heterocycles. The predicted molar refractivity (Wildman–Crippen MR) is 110 cm³/mol. The zero-order valence-corrected chi connectivity index (χ0v) is 16.6. The highest BCUT2D eigenvalue weighted by Crippen LogP contribution is 2.41. The second kappa shape index (κ2) is 7.38. The first-order chi connectivity index (χ1) is 13.8. The summed E-state index contributed by atoms with van der Waals surface area (Å²) in [6.07, 6.45) is 0.918. The number of hydrogen-bond acceptors (Lipinski definition) is 6. The number of piperidine rings is 1. The monoisotopic (exact) mass is 398 g/mol. The quantitative estimate of drug-likeness (QED) is 0.687. The van der Waals surface area contributed by atoms with Crippen LogP contribution in [0.15, 0.2) is 33.9 Å². The maximum atomic E-state index is 12.7. The van der Waals surface area contributed by atoms with Crippen molar-refractivity contribution >= 4 is 17.7 Å². The maximum absolute atomic E-state index is 12.7. The minimum atomic E-state index is -0.291. The number of nitrogens with two attached hydrogens (primary N) is 1. The Morgan fingerprint density at radius 2 is 2.14 bits per heavy atom. The zero-order valence-electron chi connectivity index (χ0n) is 16.6. The van der Waals surface area contributed by atoms with Crippen molar-refractivity contribution in [3.8, 4) is 0 Å². The fourth-order valence-electron chi connectivity index (χ4n) is 4.53. The van der Waals surface area contributed by atoms with Gasteiger partial charge in [0.05, 0.1) is 6.04 Å². The standard InChI is InChI=1S/C20H26N6O3/c1-11(2)19(29)22-8-15-13-6-12(14-4-3-5-18(28)26(14)15)9-25(10-13)16-7-17(27)24-20(21)23-16/h3-5,7,11-13,15H,6,8-10H2,1-2H3,(H,22,29)(H3,21,23,24,27)/t12-,13+,15+/m1/s1. The fourth-order valence-corrected chi connectivity index (χ4v) is 4.53. The summed E-state index contributed by atoms with van der Waals surface area (Å²) in [4.78, 5) is 45.5. The van der Waals surface area contributed by atoms with E-state index in [-0.39, 0.29) is 46.8 Å². The molecule has 2 aromatic rings. The summed E-state index contributed by atoms with van der Waals surface area (Å²) in [5.74, 6) is 0.745. The minimum absolute atomic E-state index is 0.0330. The van der Waals surface area contributed by atoms with Crippen LogP contribution in [-0.4, -0.2) is 40.1 Å². The highest BCUT2D eigenvalue weighted by Gasteiger charge is 2.41. The second-order valence-corrected chi connectivity index (χ2v) is 8.21. The fraction of sp³-hybridized carbons (Fsp3) is 0.500. The third kappa shape index (κ3) is 3.64. The molecule has 0 aromatic carbocycles. The molecule has 1 amide bonds. The molecule has 0 radical (unpaired) electrons. The number of pyridine rings is 1. The number of anilines is 2. The second-order valence-electron chi connectivity index (χ2n) is 8.21. The van der Waals surface area contributed by atoms with E-state index in [1.807, 2.05) is 24.5 Å². The summed E-state index contributed by atoms with van der Waals surface area (Å²) >= 11 is 0. The molecule has 2 bridgehead atoms. The van der Waals surface area contributed by atoms with Gasteiger partial charge in [0, 0.05) is 49.3 Å². The van der Waals surface area contributed by atoms with Gasteiger partial charge in [0.2, 0.25) is 11.9 Å². The third-order valence-corrected chi connectivity index (χ3v) is 5.88. The van der Waals surface area contributed by atoms with Crippen molar-refractivity contribution in [3.63, 3.8) is 0 Å². The molecule has 4 N–H and O–H groups in total. The number of rotatable bonds is 4. The van der Waals surface area contributed by atoms with Crippen LogP contribution < -0.4 is 27.1 Å². The SMILES string of the molecule is CC(C)C(=O)NC[C@H]1[C@H]2C[C@H](CN(c3cc(=O)[nH]c(N)n3)C2)c2cccc(=O)n21. The van der Waals surface area contributed by atoms with Crippen molar-refractivity contribution in [1.29, 1.82) is 0 Å². The highest BCUT2D eigenvalue weighted by atomic mass is 16.2. The van der Waals surface area contributed by atoms with Crippen LogP contribution in [0.2, 0.25) is 0 Å². The molecule has 1 fully saturated rings. The molecule has 9 nitrogen and oxygen atoms in total. The van der Waals surface area contributed by atoms with Gasteiger partial charge in [-0.15, -0.1) is 0 Å². The number of H-pyrrole nitrogens is 1. The lowest BCUT2D eigenvalue weighted by Crippen LogP contribution is -2.52. The Hall–Kier alpha value is -3.10. The number of aromatic amines is 1. The lowest BCUT2D eigenvalue weighted by molar-refractivity contribution is -0.124. The van der Waals surface area contributed by atoms with Crippen LogP contribution in [0.5, 0.6) is 0 Å². The highest BCUT2D eigenvalue weighted by molar-refractivity contribution is 5.77. The van der Waals surface area contributed by atoms with Crippen LogP contribution in [0, 0.1) is 11.8 Å². The molecule has 0 unspecified atom stereocenters. The van der Waals surface area contributed by atoms with Crippen molar-refractivity contribution in [3.05, 3.63) is 50.7 Å². The van der Waals surface area contributed by atoms with Gasteiger partial charge in [0.1, 0.15) is 5.82 Å². The van der Waals surface area contributed by atoms with Crippen molar-refractivity contribution in [2.45, 2.75) is 32.2 Å². The smallest absolute Gasteiger partial charge is 0.254 e. The van der Waals surface area contributed by atoms with E-state index >= 15 is 0 Å². The molecular formula is C20H26N6O3. The topological polar surface area (TPSA) is 126 Å². The third-order valence-electron chi connectivity index (χ3n) is 5.88. The minimum Gasteiger partial charge on any atom is -0.369 e. The molecule has 4 rings (SSSR count). The van der Waals surface area contributed by atoms with Crippen LogP contribution in [0.25, 0.3) is 0 Å². The first-order valence-electron chi connectivity index (χ1n) is 9.94. The van der Waals surface area contributed by atoms with Gasteiger partial charge >= 0.3 is 0 Å². The van der Waals surface area contributed by atoms with Crippen LogP contribution in [-0.2, 0) is 4.79 Å². The molecule has 3 atom stereocenters.